The fourth-order valence-electron chi connectivity index (χ4n) is 2.22. The van der Waals surface area contributed by atoms with Gasteiger partial charge in [-0.2, -0.15) is 0 Å². The monoisotopic (exact) mass is 326 g/mol. The topological polar surface area (TPSA) is 49.9 Å². The summed E-state index contributed by atoms with van der Waals surface area (Å²) in [6.07, 6.45) is 0.718. The van der Waals surface area contributed by atoms with E-state index in [-0.39, 0.29) is 12.5 Å². The fraction of sp³-hybridized carbons (Fsp3) is 0.263. The molecule has 0 unspecified atom stereocenters. The second-order valence-corrected chi connectivity index (χ2v) is 5.76. The molecule has 0 aromatic heterocycles. The average molecular weight is 326 g/mol. The van der Waals surface area contributed by atoms with Crippen molar-refractivity contribution < 1.29 is 14.3 Å². The fourth-order valence-corrected chi connectivity index (χ4v) is 2.22. The molecule has 2 rings (SSSR count). The molecule has 0 radical (unpaired) electrons. The summed E-state index contributed by atoms with van der Waals surface area (Å²) in [5.74, 6) is 0.275. The Bertz CT molecular complexity index is 696. The summed E-state index contributed by atoms with van der Waals surface area (Å²) in [7, 11) is 5.70. The van der Waals surface area contributed by atoms with Crippen molar-refractivity contribution in [1.82, 2.24) is 4.90 Å². The molecule has 0 aliphatic carbocycles. The van der Waals surface area contributed by atoms with Gasteiger partial charge in [0.25, 0.3) is 5.91 Å². The molecule has 0 saturated heterocycles. The van der Waals surface area contributed by atoms with Crippen LogP contribution >= 0.6 is 0 Å². The first kappa shape index (κ1) is 17.5. The lowest BCUT2D eigenvalue weighted by Gasteiger charge is -2.19. The highest BCUT2D eigenvalue weighted by atomic mass is 16.5. The third-order valence-corrected chi connectivity index (χ3v) is 3.70. The van der Waals surface area contributed by atoms with E-state index in [0.717, 1.165) is 17.5 Å². The molecule has 1 amide bonds. The van der Waals surface area contributed by atoms with Crippen LogP contribution in [-0.4, -0.2) is 44.8 Å². The van der Waals surface area contributed by atoms with Crippen molar-refractivity contribution in [2.75, 3.05) is 32.6 Å². The molecule has 126 valence electrons. The first-order chi connectivity index (χ1) is 11.5. The van der Waals surface area contributed by atoms with Gasteiger partial charge in [-0.1, -0.05) is 24.3 Å². The van der Waals surface area contributed by atoms with Gasteiger partial charge in [-0.3, -0.25) is 9.59 Å². The zero-order valence-electron chi connectivity index (χ0n) is 14.2. The van der Waals surface area contributed by atoms with Crippen LogP contribution in [-0.2, 0) is 11.3 Å². The molecule has 5 heteroatoms. The Balaban J connectivity index is 1.91. The first-order valence-electron chi connectivity index (χ1n) is 7.68. The Kier molecular flexibility index (Phi) is 5.95. The van der Waals surface area contributed by atoms with E-state index in [1.165, 1.54) is 0 Å². The Hall–Kier alpha value is -2.82. The molecule has 2 aromatic rings. The smallest absolute Gasteiger partial charge is 0.260 e. The number of anilines is 1. The molecule has 0 heterocycles. The Morgan fingerprint density at radius 2 is 1.71 bits per heavy atom. The van der Waals surface area contributed by atoms with Gasteiger partial charge in [0.2, 0.25) is 0 Å². The van der Waals surface area contributed by atoms with E-state index in [9.17, 15) is 9.59 Å². The molecule has 5 nitrogen and oxygen atoms in total. The number of aldehydes is 1. The van der Waals surface area contributed by atoms with Crippen molar-refractivity contribution in [1.29, 1.82) is 0 Å². The van der Waals surface area contributed by atoms with Crippen molar-refractivity contribution in [3.05, 3.63) is 59.7 Å². The summed E-state index contributed by atoms with van der Waals surface area (Å²) in [6, 6.07) is 14.9. The van der Waals surface area contributed by atoms with Crippen molar-refractivity contribution in [3.8, 4) is 5.75 Å². The maximum Gasteiger partial charge on any atom is 0.260 e. The first-order valence-corrected chi connectivity index (χ1v) is 7.68. The van der Waals surface area contributed by atoms with Gasteiger partial charge < -0.3 is 14.5 Å². The normalized spacial score (nSPS) is 10.1. The van der Waals surface area contributed by atoms with E-state index in [1.807, 2.05) is 43.3 Å². The van der Waals surface area contributed by atoms with Crippen LogP contribution in [0.25, 0.3) is 0 Å². The number of ether oxygens (including phenoxy) is 1. The highest BCUT2D eigenvalue weighted by Gasteiger charge is 2.11. The van der Waals surface area contributed by atoms with E-state index in [1.54, 1.807) is 36.2 Å². The lowest BCUT2D eigenvalue weighted by Crippen LogP contribution is -2.31. The Morgan fingerprint density at radius 3 is 2.33 bits per heavy atom. The van der Waals surface area contributed by atoms with Gasteiger partial charge >= 0.3 is 0 Å². The standard InChI is InChI=1S/C19H22N2O3/c1-20(2)17-10-8-15(9-11-17)12-21(3)19(23)14-24-18-7-5-4-6-16(18)13-22/h4-11,13H,12,14H2,1-3H3. The number of hydrogen-bond acceptors (Lipinski definition) is 4. The summed E-state index contributed by atoms with van der Waals surface area (Å²) in [6.45, 7) is 0.405. The second kappa shape index (κ2) is 8.15. The second-order valence-electron chi connectivity index (χ2n) is 5.76. The van der Waals surface area contributed by atoms with Gasteiger partial charge in [0.15, 0.2) is 12.9 Å². The van der Waals surface area contributed by atoms with Crippen molar-refractivity contribution in [3.63, 3.8) is 0 Å². The van der Waals surface area contributed by atoms with Crippen molar-refractivity contribution >= 4 is 17.9 Å². The SMILES string of the molecule is CN(Cc1ccc(N(C)C)cc1)C(=O)COc1ccccc1C=O. The minimum Gasteiger partial charge on any atom is -0.483 e. The molecule has 0 bridgehead atoms. The third-order valence-electron chi connectivity index (χ3n) is 3.70. The van der Waals surface area contributed by atoms with Gasteiger partial charge in [-0.15, -0.1) is 0 Å². The lowest BCUT2D eigenvalue weighted by atomic mass is 10.2. The van der Waals surface area contributed by atoms with Crippen molar-refractivity contribution in [2.45, 2.75) is 6.54 Å². The number of likely N-dealkylation sites (N-methyl/N-ethyl adjacent to an activating group) is 1. The quantitative estimate of drug-likeness (QED) is 0.734. The maximum absolute atomic E-state index is 12.2. The molecule has 0 saturated carbocycles. The molecule has 0 aliphatic heterocycles. The zero-order chi connectivity index (χ0) is 17.5. The average Bonchev–Trinajstić information content (AvgIpc) is 2.60. The number of carbonyl (C=O) groups excluding carboxylic acids is 2. The largest absolute Gasteiger partial charge is 0.483 e. The summed E-state index contributed by atoms with van der Waals surface area (Å²) < 4.78 is 5.47. The van der Waals surface area contributed by atoms with Crippen LogP contribution in [0.1, 0.15) is 15.9 Å². The van der Waals surface area contributed by atoms with E-state index in [2.05, 4.69) is 0 Å². The third kappa shape index (κ3) is 4.59. The van der Waals surface area contributed by atoms with Crippen LogP contribution in [0.5, 0.6) is 5.75 Å². The summed E-state index contributed by atoms with van der Waals surface area (Å²) in [5, 5.41) is 0. The summed E-state index contributed by atoms with van der Waals surface area (Å²) in [5.41, 5.74) is 2.60. The molecular formula is C19H22N2O3. The number of rotatable bonds is 7. The predicted molar refractivity (Wildman–Crippen MR) is 94.6 cm³/mol. The van der Waals surface area contributed by atoms with E-state index >= 15 is 0 Å². The number of para-hydroxylation sites is 1. The number of nitrogens with zero attached hydrogens (tertiary/aromatic N) is 2. The Morgan fingerprint density at radius 1 is 1.04 bits per heavy atom. The highest BCUT2D eigenvalue weighted by molar-refractivity contribution is 5.80. The van der Waals surface area contributed by atoms with Crippen LogP contribution in [0.15, 0.2) is 48.5 Å². The number of carbonyl (C=O) groups is 2. The molecule has 0 spiro atoms. The van der Waals surface area contributed by atoms with Gasteiger partial charge in [0.1, 0.15) is 5.75 Å². The van der Waals surface area contributed by atoms with Gasteiger partial charge in [0.05, 0.1) is 5.56 Å². The molecule has 24 heavy (non-hydrogen) atoms. The van der Waals surface area contributed by atoms with E-state index < -0.39 is 0 Å². The maximum atomic E-state index is 12.2. The van der Waals surface area contributed by atoms with Gasteiger partial charge in [-0.05, 0) is 29.8 Å². The van der Waals surface area contributed by atoms with Crippen LogP contribution < -0.4 is 9.64 Å². The van der Waals surface area contributed by atoms with E-state index in [0.29, 0.717) is 17.9 Å². The van der Waals surface area contributed by atoms with Crippen molar-refractivity contribution in [2.24, 2.45) is 0 Å². The van der Waals surface area contributed by atoms with Crippen LogP contribution in [0.4, 0.5) is 5.69 Å². The molecular weight excluding hydrogens is 304 g/mol. The number of hydrogen-bond donors (Lipinski definition) is 0. The summed E-state index contributed by atoms with van der Waals surface area (Å²) >= 11 is 0. The minimum atomic E-state index is -0.146. The highest BCUT2D eigenvalue weighted by Crippen LogP contribution is 2.16. The zero-order valence-corrected chi connectivity index (χ0v) is 14.2. The summed E-state index contributed by atoms with van der Waals surface area (Å²) in [4.78, 5) is 26.8. The Labute approximate surface area is 142 Å². The van der Waals surface area contributed by atoms with Crippen LogP contribution in [0.2, 0.25) is 0 Å². The molecule has 0 atom stereocenters. The molecule has 0 N–H and O–H groups in total. The van der Waals surface area contributed by atoms with Crippen LogP contribution in [0.3, 0.4) is 0 Å². The lowest BCUT2D eigenvalue weighted by molar-refractivity contribution is -0.132. The number of benzene rings is 2. The van der Waals surface area contributed by atoms with Crippen LogP contribution in [0, 0.1) is 0 Å². The van der Waals surface area contributed by atoms with E-state index in [4.69, 9.17) is 4.74 Å². The van der Waals surface area contributed by atoms with Gasteiger partial charge in [-0.25, -0.2) is 0 Å². The molecule has 0 aliphatic rings. The predicted octanol–water partition coefficient (Wildman–Crippen LogP) is 2.60. The van der Waals surface area contributed by atoms with Gasteiger partial charge in [0, 0.05) is 33.4 Å². The molecule has 2 aromatic carbocycles. The minimum absolute atomic E-state index is 0.100. The number of amides is 1. The molecule has 0 fully saturated rings.